The van der Waals surface area contributed by atoms with E-state index in [1.54, 1.807) is 13.8 Å². The summed E-state index contributed by atoms with van der Waals surface area (Å²) in [6, 6.07) is 0. The van der Waals surface area contributed by atoms with Gasteiger partial charge in [-0.1, -0.05) is 12.8 Å². The Bertz CT molecular complexity index is 415. The Morgan fingerprint density at radius 3 is 1.48 bits per heavy atom. The molecule has 8 heteroatoms. The van der Waals surface area contributed by atoms with Gasteiger partial charge in [-0.05, 0) is 85.2 Å². The molecule has 2 saturated heterocycles. The van der Waals surface area contributed by atoms with Crippen LogP contribution in [0.1, 0.15) is 58.8 Å². The number of nitrogens with zero attached hydrogens (tertiary/aromatic N) is 4. The molecule has 2 unspecified atom stereocenters. The van der Waals surface area contributed by atoms with Gasteiger partial charge in [0.25, 0.3) is 0 Å². The third-order valence-corrected chi connectivity index (χ3v) is 6.46. The monoisotopic (exact) mass is 474 g/mol. The Morgan fingerprint density at radius 2 is 1.06 bits per heavy atom. The zero-order chi connectivity index (χ0) is 24.3. The molecule has 0 bridgehead atoms. The maximum Gasteiger partial charge on any atom is 0.0639 e. The minimum atomic E-state index is -0.324. The lowest BCUT2D eigenvalue weighted by Gasteiger charge is -2.31. The standard InChI is InChI=1S/C13H28N2O2.C12H26N2O2/c1-12(16)10-15(11-13(2)17)9-8-14-6-4-3-5-7-14;15-11-9-14(10-12-16)8-4-7-13-5-2-1-3-6-13/h12-13,16-17H,3-11H2,1-2H3;15-16H,1-12H2. The smallest absolute Gasteiger partial charge is 0.0639 e. The summed E-state index contributed by atoms with van der Waals surface area (Å²) in [5.74, 6) is 0. The molecule has 2 heterocycles. The normalized spacial score (nSPS) is 20.0. The molecule has 2 atom stereocenters. The highest BCUT2D eigenvalue weighted by Crippen LogP contribution is 2.09. The van der Waals surface area contributed by atoms with Crippen LogP contribution in [-0.2, 0) is 0 Å². The summed E-state index contributed by atoms with van der Waals surface area (Å²) >= 11 is 0. The van der Waals surface area contributed by atoms with Crippen molar-refractivity contribution in [2.24, 2.45) is 0 Å². The van der Waals surface area contributed by atoms with Crippen molar-refractivity contribution < 1.29 is 20.4 Å². The van der Waals surface area contributed by atoms with E-state index in [4.69, 9.17) is 10.2 Å². The van der Waals surface area contributed by atoms with E-state index in [1.165, 1.54) is 64.7 Å². The largest absolute Gasteiger partial charge is 0.395 e. The zero-order valence-electron chi connectivity index (χ0n) is 21.6. The van der Waals surface area contributed by atoms with Gasteiger partial charge in [0, 0.05) is 39.3 Å². The number of aliphatic hydroxyl groups is 4. The van der Waals surface area contributed by atoms with Gasteiger partial charge in [-0.15, -0.1) is 0 Å². The molecule has 198 valence electrons. The predicted octanol–water partition coefficient (Wildman–Crippen LogP) is 0.685. The molecule has 0 aromatic carbocycles. The molecule has 2 fully saturated rings. The third-order valence-electron chi connectivity index (χ3n) is 6.46. The highest BCUT2D eigenvalue weighted by Gasteiger charge is 2.15. The zero-order valence-corrected chi connectivity index (χ0v) is 21.6. The first-order valence-corrected chi connectivity index (χ1v) is 13.4. The second-order valence-corrected chi connectivity index (χ2v) is 9.90. The Morgan fingerprint density at radius 1 is 0.606 bits per heavy atom. The summed E-state index contributed by atoms with van der Waals surface area (Å²) in [7, 11) is 0. The molecule has 2 aliphatic rings. The molecule has 4 N–H and O–H groups in total. The summed E-state index contributed by atoms with van der Waals surface area (Å²) in [6.07, 6.45) is 8.55. The van der Waals surface area contributed by atoms with Crippen LogP contribution in [0.2, 0.25) is 0 Å². The van der Waals surface area contributed by atoms with Gasteiger partial charge in [0.15, 0.2) is 0 Å². The van der Waals surface area contributed by atoms with Crippen molar-refractivity contribution >= 4 is 0 Å². The Hall–Kier alpha value is -0.320. The lowest BCUT2D eigenvalue weighted by atomic mass is 10.1. The molecular formula is C25H54N4O4. The second kappa shape index (κ2) is 19.9. The van der Waals surface area contributed by atoms with Gasteiger partial charge in [0.2, 0.25) is 0 Å². The molecule has 2 aliphatic heterocycles. The van der Waals surface area contributed by atoms with Crippen LogP contribution in [0.3, 0.4) is 0 Å². The molecular weight excluding hydrogens is 420 g/mol. The van der Waals surface area contributed by atoms with E-state index in [9.17, 15) is 10.2 Å². The minimum absolute atomic E-state index is 0.184. The SMILES string of the molecule is CC(O)CN(CCN1CCCCC1)CC(C)O.OCCN(CCO)CCCN1CCCCC1. The Labute approximate surface area is 203 Å². The average Bonchev–Trinajstić information content (AvgIpc) is 2.79. The maximum atomic E-state index is 9.44. The van der Waals surface area contributed by atoms with Crippen LogP contribution < -0.4 is 0 Å². The quantitative estimate of drug-likeness (QED) is 0.275. The lowest BCUT2D eigenvalue weighted by Crippen LogP contribution is -2.42. The van der Waals surface area contributed by atoms with E-state index in [2.05, 4.69) is 19.6 Å². The van der Waals surface area contributed by atoms with Gasteiger partial charge < -0.3 is 30.2 Å². The topological polar surface area (TPSA) is 93.9 Å². The molecule has 0 aliphatic carbocycles. The number of rotatable bonds is 15. The average molecular weight is 475 g/mol. The van der Waals surface area contributed by atoms with Crippen molar-refractivity contribution in [1.82, 2.24) is 19.6 Å². The summed E-state index contributed by atoms with van der Waals surface area (Å²) in [5, 5.41) is 36.6. The molecule has 0 saturated carbocycles. The van der Waals surface area contributed by atoms with E-state index >= 15 is 0 Å². The second-order valence-electron chi connectivity index (χ2n) is 9.90. The van der Waals surface area contributed by atoms with Gasteiger partial charge in [-0.2, -0.15) is 0 Å². The van der Waals surface area contributed by atoms with Gasteiger partial charge in [0.05, 0.1) is 25.4 Å². The van der Waals surface area contributed by atoms with E-state index < -0.39 is 0 Å². The molecule has 0 aromatic heterocycles. The van der Waals surface area contributed by atoms with Crippen molar-refractivity contribution in [2.45, 2.75) is 71.0 Å². The van der Waals surface area contributed by atoms with Crippen LogP contribution in [-0.4, -0.2) is 144 Å². The van der Waals surface area contributed by atoms with Gasteiger partial charge in [-0.3, -0.25) is 9.80 Å². The van der Waals surface area contributed by atoms with Crippen LogP contribution in [0.25, 0.3) is 0 Å². The first-order valence-electron chi connectivity index (χ1n) is 13.4. The molecule has 0 radical (unpaired) electrons. The summed E-state index contributed by atoms with van der Waals surface area (Å²) in [6.45, 7) is 15.7. The lowest BCUT2D eigenvalue weighted by molar-refractivity contribution is 0.0742. The van der Waals surface area contributed by atoms with Crippen LogP contribution >= 0.6 is 0 Å². The van der Waals surface area contributed by atoms with Crippen molar-refractivity contribution in [1.29, 1.82) is 0 Å². The van der Waals surface area contributed by atoms with Crippen molar-refractivity contribution in [3.63, 3.8) is 0 Å². The highest BCUT2D eigenvalue weighted by atomic mass is 16.3. The van der Waals surface area contributed by atoms with E-state index in [-0.39, 0.29) is 25.4 Å². The van der Waals surface area contributed by atoms with Crippen molar-refractivity contribution in [3.05, 3.63) is 0 Å². The molecule has 33 heavy (non-hydrogen) atoms. The molecule has 8 nitrogen and oxygen atoms in total. The molecule has 2 rings (SSSR count). The summed E-state index contributed by atoms with van der Waals surface area (Å²) < 4.78 is 0. The minimum Gasteiger partial charge on any atom is -0.395 e. The van der Waals surface area contributed by atoms with E-state index in [0.29, 0.717) is 26.2 Å². The first kappa shape index (κ1) is 30.7. The van der Waals surface area contributed by atoms with Crippen LogP contribution in [0.4, 0.5) is 0 Å². The fourth-order valence-corrected chi connectivity index (χ4v) is 4.79. The van der Waals surface area contributed by atoms with Gasteiger partial charge >= 0.3 is 0 Å². The summed E-state index contributed by atoms with van der Waals surface area (Å²) in [4.78, 5) is 9.30. The van der Waals surface area contributed by atoms with Crippen LogP contribution in [0.5, 0.6) is 0 Å². The van der Waals surface area contributed by atoms with E-state index in [1.807, 2.05) is 0 Å². The van der Waals surface area contributed by atoms with Crippen molar-refractivity contribution in [2.75, 3.05) is 91.8 Å². The first-order chi connectivity index (χ1) is 15.9. The summed E-state index contributed by atoms with van der Waals surface area (Å²) in [5.41, 5.74) is 0. The van der Waals surface area contributed by atoms with E-state index in [0.717, 1.165) is 32.6 Å². The fraction of sp³-hybridized carbons (Fsp3) is 1.00. The van der Waals surface area contributed by atoms with Crippen molar-refractivity contribution in [3.8, 4) is 0 Å². The van der Waals surface area contributed by atoms with Gasteiger partial charge in [-0.25, -0.2) is 0 Å². The fourth-order valence-electron chi connectivity index (χ4n) is 4.79. The maximum absolute atomic E-state index is 9.44. The molecule has 0 aromatic rings. The molecule has 0 amide bonds. The van der Waals surface area contributed by atoms with Crippen LogP contribution in [0.15, 0.2) is 0 Å². The predicted molar refractivity (Wildman–Crippen MR) is 136 cm³/mol. The van der Waals surface area contributed by atoms with Crippen LogP contribution in [0, 0.1) is 0 Å². The highest BCUT2D eigenvalue weighted by molar-refractivity contribution is 4.70. The number of aliphatic hydroxyl groups excluding tert-OH is 4. The number of likely N-dealkylation sites (tertiary alicyclic amines) is 2. The number of hydrogen-bond donors (Lipinski definition) is 4. The number of hydrogen-bond acceptors (Lipinski definition) is 8. The molecule has 0 spiro atoms. The number of piperidine rings is 2. The Kier molecular flexibility index (Phi) is 18.5. The Balaban J connectivity index is 0.000000331. The van der Waals surface area contributed by atoms with Gasteiger partial charge in [0.1, 0.15) is 0 Å². The third kappa shape index (κ3) is 16.9.